The van der Waals surface area contributed by atoms with E-state index in [1.165, 1.54) is 10.6 Å². The van der Waals surface area contributed by atoms with Gasteiger partial charge in [-0.3, -0.25) is 9.10 Å². The van der Waals surface area contributed by atoms with Crippen LogP contribution in [0.4, 0.5) is 5.69 Å². The number of amides is 1. The van der Waals surface area contributed by atoms with E-state index in [1.54, 1.807) is 31.2 Å². The average molecular weight is 339 g/mol. The molecule has 0 atom stereocenters. The molecule has 0 aliphatic carbocycles. The van der Waals surface area contributed by atoms with Crippen LogP contribution in [0.3, 0.4) is 0 Å². The van der Waals surface area contributed by atoms with Crippen molar-refractivity contribution in [2.75, 3.05) is 49.8 Å². The summed E-state index contributed by atoms with van der Waals surface area (Å²) < 4.78 is 24.8. The van der Waals surface area contributed by atoms with Crippen molar-refractivity contribution in [2.45, 2.75) is 13.8 Å². The van der Waals surface area contributed by atoms with Gasteiger partial charge < -0.3 is 9.80 Å². The molecule has 1 aliphatic heterocycles. The Bertz CT molecular complexity index is 635. The minimum Gasteiger partial charge on any atom is -0.336 e. The standard InChI is InChI=1S/C16H25N3O3S/c1-4-17-10-12-18(13-11-17)16(20)14-6-8-15(9-7-14)19(5-2)23(3,21)22/h6-9H,4-5,10-13H2,1-3H3. The number of hydrogen-bond acceptors (Lipinski definition) is 4. The second kappa shape index (κ2) is 7.31. The van der Waals surface area contributed by atoms with Crippen LogP contribution >= 0.6 is 0 Å². The van der Waals surface area contributed by atoms with Crippen molar-refractivity contribution in [3.05, 3.63) is 29.8 Å². The Morgan fingerprint density at radius 3 is 2.09 bits per heavy atom. The maximum Gasteiger partial charge on any atom is 0.253 e. The zero-order valence-corrected chi connectivity index (χ0v) is 14.8. The van der Waals surface area contributed by atoms with Crippen LogP contribution in [0.15, 0.2) is 24.3 Å². The van der Waals surface area contributed by atoms with Gasteiger partial charge in [-0.15, -0.1) is 0 Å². The Balaban J connectivity index is 2.09. The van der Waals surface area contributed by atoms with Gasteiger partial charge in [-0.2, -0.15) is 0 Å². The molecular weight excluding hydrogens is 314 g/mol. The fourth-order valence-corrected chi connectivity index (χ4v) is 3.80. The maximum absolute atomic E-state index is 12.5. The molecule has 6 nitrogen and oxygen atoms in total. The summed E-state index contributed by atoms with van der Waals surface area (Å²) in [5.74, 6) is 0.00899. The molecule has 0 bridgehead atoms. The molecule has 0 N–H and O–H groups in total. The molecule has 1 heterocycles. The lowest BCUT2D eigenvalue weighted by Crippen LogP contribution is -2.48. The first-order valence-corrected chi connectivity index (χ1v) is 9.81. The van der Waals surface area contributed by atoms with Crippen molar-refractivity contribution in [1.82, 2.24) is 9.80 Å². The summed E-state index contributed by atoms with van der Waals surface area (Å²) in [5.41, 5.74) is 1.19. The van der Waals surface area contributed by atoms with E-state index in [9.17, 15) is 13.2 Å². The summed E-state index contributed by atoms with van der Waals surface area (Å²) in [7, 11) is -3.30. The molecule has 0 saturated carbocycles. The number of piperazine rings is 1. The number of rotatable bonds is 5. The van der Waals surface area contributed by atoms with Gasteiger partial charge in [0.1, 0.15) is 0 Å². The number of carbonyl (C=O) groups excluding carboxylic acids is 1. The van der Waals surface area contributed by atoms with Crippen molar-refractivity contribution in [1.29, 1.82) is 0 Å². The minimum absolute atomic E-state index is 0.00899. The summed E-state index contributed by atoms with van der Waals surface area (Å²) in [6, 6.07) is 6.80. The van der Waals surface area contributed by atoms with Crippen LogP contribution in [0.25, 0.3) is 0 Å². The summed E-state index contributed by atoms with van der Waals surface area (Å²) in [4.78, 5) is 16.7. The van der Waals surface area contributed by atoms with Crippen LogP contribution in [-0.4, -0.2) is 69.6 Å². The number of sulfonamides is 1. The first kappa shape index (κ1) is 17.7. The average Bonchev–Trinajstić information content (AvgIpc) is 2.54. The Morgan fingerprint density at radius 1 is 1.09 bits per heavy atom. The minimum atomic E-state index is -3.30. The Labute approximate surface area is 138 Å². The molecule has 0 unspecified atom stereocenters. The van der Waals surface area contributed by atoms with Gasteiger partial charge in [0, 0.05) is 38.3 Å². The highest BCUT2D eigenvalue weighted by molar-refractivity contribution is 7.92. The molecule has 1 aromatic carbocycles. The summed E-state index contributed by atoms with van der Waals surface area (Å²) >= 11 is 0. The Hall–Kier alpha value is -1.60. The molecular formula is C16H25N3O3S. The van der Waals surface area contributed by atoms with Crippen molar-refractivity contribution >= 4 is 21.6 Å². The van der Waals surface area contributed by atoms with Gasteiger partial charge in [0.2, 0.25) is 10.0 Å². The van der Waals surface area contributed by atoms with Gasteiger partial charge >= 0.3 is 0 Å². The molecule has 1 saturated heterocycles. The van der Waals surface area contributed by atoms with Gasteiger partial charge in [0.05, 0.1) is 11.9 Å². The lowest BCUT2D eigenvalue weighted by Gasteiger charge is -2.34. The van der Waals surface area contributed by atoms with E-state index < -0.39 is 10.0 Å². The van der Waals surface area contributed by atoms with Gasteiger partial charge in [0.15, 0.2) is 0 Å². The topological polar surface area (TPSA) is 60.9 Å². The van der Waals surface area contributed by atoms with E-state index in [0.29, 0.717) is 17.8 Å². The highest BCUT2D eigenvalue weighted by Gasteiger charge is 2.22. The summed E-state index contributed by atoms with van der Waals surface area (Å²) in [6.45, 7) is 8.55. The van der Waals surface area contributed by atoms with Crippen LogP contribution < -0.4 is 4.31 Å². The van der Waals surface area contributed by atoms with Crippen LogP contribution in [0.1, 0.15) is 24.2 Å². The second-order valence-electron chi connectivity index (χ2n) is 5.70. The van der Waals surface area contributed by atoms with Crippen molar-refractivity contribution in [3.63, 3.8) is 0 Å². The lowest BCUT2D eigenvalue weighted by atomic mass is 10.1. The Kier molecular flexibility index (Phi) is 5.64. The molecule has 1 amide bonds. The number of benzene rings is 1. The quantitative estimate of drug-likeness (QED) is 0.810. The molecule has 0 radical (unpaired) electrons. The third-order valence-electron chi connectivity index (χ3n) is 4.20. The molecule has 0 aromatic heterocycles. The van der Waals surface area contributed by atoms with E-state index in [2.05, 4.69) is 11.8 Å². The van der Waals surface area contributed by atoms with Crippen LogP contribution in [-0.2, 0) is 10.0 Å². The molecule has 2 rings (SSSR count). The maximum atomic E-state index is 12.5. The number of anilines is 1. The normalized spacial score (nSPS) is 16.4. The fraction of sp³-hybridized carbons (Fsp3) is 0.562. The largest absolute Gasteiger partial charge is 0.336 e. The predicted octanol–water partition coefficient (Wildman–Crippen LogP) is 1.25. The SMILES string of the molecule is CCN1CCN(C(=O)c2ccc(N(CC)S(C)(=O)=O)cc2)CC1. The number of carbonyl (C=O) groups is 1. The van der Waals surface area contributed by atoms with Crippen molar-refractivity contribution in [3.8, 4) is 0 Å². The first-order valence-electron chi connectivity index (χ1n) is 7.96. The number of likely N-dealkylation sites (N-methyl/N-ethyl adjacent to an activating group) is 1. The van der Waals surface area contributed by atoms with Gasteiger partial charge in [-0.25, -0.2) is 8.42 Å². The van der Waals surface area contributed by atoms with Crippen molar-refractivity contribution in [2.24, 2.45) is 0 Å². The highest BCUT2D eigenvalue weighted by Crippen LogP contribution is 2.19. The van der Waals surface area contributed by atoms with E-state index in [4.69, 9.17) is 0 Å². The molecule has 0 spiro atoms. The van der Waals surface area contributed by atoms with E-state index >= 15 is 0 Å². The van der Waals surface area contributed by atoms with Crippen LogP contribution in [0, 0.1) is 0 Å². The molecule has 23 heavy (non-hydrogen) atoms. The number of hydrogen-bond donors (Lipinski definition) is 0. The molecule has 128 valence electrons. The highest BCUT2D eigenvalue weighted by atomic mass is 32.2. The first-order chi connectivity index (χ1) is 10.9. The number of nitrogens with zero attached hydrogens (tertiary/aromatic N) is 3. The molecule has 1 fully saturated rings. The van der Waals surface area contributed by atoms with E-state index in [1.807, 2.05) is 4.90 Å². The smallest absolute Gasteiger partial charge is 0.253 e. The lowest BCUT2D eigenvalue weighted by molar-refractivity contribution is 0.0643. The summed E-state index contributed by atoms with van der Waals surface area (Å²) in [6.07, 6.45) is 1.18. The predicted molar refractivity (Wildman–Crippen MR) is 92.3 cm³/mol. The Morgan fingerprint density at radius 2 is 1.65 bits per heavy atom. The molecule has 1 aliphatic rings. The monoisotopic (exact) mass is 339 g/mol. The third kappa shape index (κ3) is 4.23. The second-order valence-corrected chi connectivity index (χ2v) is 7.61. The van der Waals surface area contributed by atoms with Crippen LogP contribution in [0.2, 0.25) is 0 Å². The molecule has 7 heteroatoms. The zero-order chi connectivity index (χ0) is 17.0. The fourth-order valence-electron chi connectivity index (χ4n) is 2.83. The van der Waals surface area contributed by atoms with Crippen molar-refractivity contribution < 1.29 is 13.2 Å². The van der Waals surface area contributed by atoms with E-state index in [0.717, 1.165) is 32.7 Å². The van der Waals surface area contributed by atoms with Gasteiger partial charge in [-0.05, 0) is 37.7 Å². The third-order valence-corrected chi connectivity index (χ3v) is 5.47. The van der Waals surface area contributed by atoms with Gasteiger partial charge in [-0.1, -0.05) is 6.92 Å². The van der Waals surface area contributed by atoms with Gasteiger partial charge in [0.25, 0.3) is 5.91 Å². The summed E-state index contributed by atoms with van der Waals surface area (Å²) in [5, 5.41) is 0. The van der Waals surface area contributed by atoms with E-state index in [-0.39, 0.29) is 5.91 Å². The molecule has 1 aromatic rings. The zero-order valence-electron chi connectivity index (χ0n) is 14.0. The van der Waals surface area contributed by atoms with Crippen LogP contribution in [0.5, 0.6) is 0 Å².